The smallest absolute Gasteiger partial charge is 0.403 e. The molecular formula is C5HBr2ClO2S. The van der Waals surface area contributed by atoms with E-state index in [2.05, 4.69) is 36.6 Å². The maximum atomic E-state index is 10.3. The number of rotatable bonds is 1. The Bertz CT molecular complexity index is 267. The molecule has 0 N–H and O–H groups in total. The fourth-order valence-electron chi connectivity index (χ4n) is 0.456. The highest BCUT2D eigenvalue weighted by molar-refractivity contribution is 9.13. The van der Waals surface area contributed by atoms with Crippen LogP contribution < -0.4 is 4.74 Å². The lowest BCUT2D eigenvalue weighted by atomic mass is 10.6. The van der Waals surface area contributed by atoms with Crippen LogP contribution in [0, 0.1) is 0 Å². The van der Waals surface area contributed by atoms with Crippen molar-refractivity contribution < 1.29 is 9.53 Å². The lowest BCUT2D eigenvalue weighted by Gasteiger charge is -1.89. The normalized spacial score (nSPS) is 9.73. The quantitative estimate of drug-likeness (QED) is 0.731. The molecule has 0 atom stereocenters. The Morgan fingerprint density at radius 2 is 2.27 bits per heavy atom. The van der Waals surface area contributed by atoms with Crippen LogP contribution >= 0.6 is 54.8 Å². The fourth-order valence-corrected chi connectivity index (χ4v) is 2.41. The van der Waals surface area contributed by atoms with E-state index < -0.39 is 5.43 Å². The summed E-state index contributed by atoms with van der Waals surface area (Å²) >= 11 is 12.8. The van der Waals surface area contributed by atoms with Gasteiger partial charge in [0.05, 0.1) is 3.79 Å². The number of hydrogen-bond acceptors (Lipinski definition) is 3. The predicted octanol–water partition coefficient (Wildman–Crippen LogP) is 4.01. The van der Waals surface area contributed by atoms with Crippen molar-refractivity contribution in [3.63, 3.8) is 0 Å². The van der Waals surface area contributed by atoms with Gasteiger partial charge in [0, 0.05) is 22.1 Å². The van der Waals surface area contributed by atoms with Gasteiger partial charge in [-0.25, -0.2) is 4.79 Å². The maximum absolute atomic E-state index is 10.3. The van der Waals surface area contributed by atoms with Gasteiger partial charge < -0.3 is 4.74 Å². The zero-order valence-electron chi connectivity index (χ0n) is 4.94. The van der Waals surface area contributed by atoms with Crippen molar-refractivity contribution in [3.05, 3.63) is 14.3 Å². The van der Waals surface area contributed by atoms with E-state index in [0.29, 0.717) is 5.06 Å². The summed E-state index contributed by atoms with van der Waals surface area (Å²) in [4.78, 5) is 10.3. The average molecular weight is 320 g/mol. The van der Waals surface area contributed by atoms with Crippen molar-refractivity contribution in [1.82, 2.24) is 0 Å². The molecule has 1 aromatic rings. The molecular weight excluding hydrogens is 319 g/mol. The summed E-state index contributed by atoms with van der Waals surface area (Å²) in [5.41, 5.74) is -0.828. The molecule has 0 saturated heterocycles. The summed E-state index contributed by atoms with van der Waals surface area (Å²) in [7, 11) is 0. The van der Waals surface area contributed by atoms with Crippen molar-refractivity contribution in [2.45, 2.75) is 0 Å². The summed E-state index contributed by atoms with van der Waals surface area (Å²) in [6, 6.07) is 1.66. The number of thiophene rings is 1. The topological polar surface area (TPSA) is 26.3 Å². The van der Waals surface area contributed by atoms with Crippen molar-refractivity contribution in [3.8, 4) is 5.06 Å². The fraction of sp³-hybridized carbons (Fsp3) is 0. The molecule has 0 aliphatic rings. The van der Waals surface area contributed by atoms with Crippen LogP contribution in [0.25, 0.3) is 0 Å². The summed E-state index contributed by atoms with van der Waals surface area (Å²) in [6.45, 7) is 0. The molecule has 0 radical (unpaired) electrons. The third-order valence-electron chi connectivity index (χ3n) is 0.803. The van der Waals surface area contributed by atoms with Gasteiger partial charge in [0.15, 0.2) is 5.06 Å². The second-order valence-corrected chi connectivity index (χ2v) is 5.02. The number of carbonyl (C=O) groups excluding carboxylic acids is 1. The number of hydrogen-bond donors (Lipinski definition) is 0. The van der Waals surface area contributed by atoms with Crippen molar-refractivity contribution in [2.75, 3.05) is 0 Å². The van der Waals surface area contributed by atoms with Crippen molar-refractivity contribution in [1.29, 1.82) is 0 Å². The van der Waals surface area contributed by atoms with Crippen LogP contribution in [0.3, 0.4) is 0 Å². The van der Waals surface area contributed by atoms with E-state index in [0.717, 1.165) is 8.26 Å². The van der Waals surface area contributed by atoms with Crippen LogP contribution in [0.4, 0.5) is 4.79 Å². The second kappa shape index (κ2) is 3.89. The maximum Gasteiger partial charge on any atom is 0.409 e. The zero-order chi connectivity index (χ0) is 8.43. The summed E-state index contributed by atoms with van der Waals surface area (Å²) in [5.74, 6) is 0. The Hall–Kier alpha value is 0.420. The van der Waals surface area contributed by atoms with Gasteiger partial charge in [0.2, 0.25) is 0 Å². The van der Waals surface area contributed by atoms with Gasteiger partial charge in [-0.1, -0.05) is 11.3 Å². The van der Waals surface area contributed by atoms with E-state index in [-0.39, 0.29) is 0 Å². The average Bonchev–Trinajstić information content (AvgIpc) is 2.10. The monoisotopic (exact) mass is 318 g/mol. The highest BCUT2D eigenvalue weighted by Crippen LogP contribution is 2.37. The Balaban J connectivity index is 2.81. The van der Waals surface area contributed by atoms with Gasteiger partial charge in [-0.2, -0.15) is 0 Å². The van der Waals surface area contributed by atoms with Gasteiger partial charge in [-0.3, -0.25) is 0 Å². The molecule has 1 heterocycles. The van der Waals surface area contributed by atoms with Crippen molar-refractivity contribution >= 4 is 60.2 Å². The second-order valence-electron chi connectivity index (χ2n) is 1.53. The van der Waals surface area contributed by atoms with Crippen molar-refractivity contribution in [2.24, 2.45) is 0 Å². The van der Waals surface area contributed by atoms with Gasteiger partial charge in [-0.05, 0) is 31.9 Å². The first-order valence-corrected chi connectivity index (χ1v) is 5.20. The molecule has 0 fully saturated rings. The predicted molar refractivity (Wildman–Crippen MR) is 51.6 cm³/mol. The molecule has 0 amide bonds. The Kier molecular flexibility index (Phi) is 3.36. The molecule has 0 aliphatic carbocycles. The van der Waals surface area contributed by atoms with E-state index in [1.165, 1.54) is 11.3 Å². The van der Waals surface area contributed by atoms with E-state index in [1.807, 2.05) is 0 Å². The number of halogens is 3. The molecule has 60 valence electrons. The highest BCUT2D eigenvalue weighted by Gasteiger charge is 2.07. The molecule has 0 spiro atoms. The van der Waals surface area contributed by atoms with Gasteiger partial charge in [0.25, 0.3) is 0 Å². The largest absolute Gasteiger partial charge is 0.409 e. The highest BCUT2D eigenvalue weighted by atomic mass is 79.9. The first kappa shape index (κ1) is 9.51. The molecule has 0 aliphatic heterocycles. The van der Waals surface area contributed by atoms with Crippen LogP contribution in [0.15, 0.2) is 14.3 Å². The molecule has 0 unspecified atom stereocenters. The van der Waals surface area contributed by atoms with E-state index in [4.69, 9.17) is 11.6 Å². The van der Waals surface area contributed by atoms with E-state index >= 15 is 0 Å². The lowest BCUT2D eigenvalue weighted by molar-refractivity contribution is 0.227. The molecule has 0 aromatic carbocycles. The Labute approximate surface area is 88.8 Å². The first-order chi connectivity index (χ1) is 5.09. The summed E-state index contributed by atoms with van der Waals surface area (Å²) in [6.07, 6.45) is 0. The molecule has 0 bridgehead atoms. The summed E-state index contributed by atoms with van der Waals surface area (Å²) in [5, 5.41) is 0.462. The third-order valence-corrected chi connectivity index (χ3v) is 4.01. The summed E-state index contributed by atoms with van der Waals surface area (Å²) < 4.78 is 6.31. The minimum absolute atomic E-state index is 0.462. The molecule has 11 heavy (non-hydrogen) atoms. The molecule has 0 saturated carbocycles. The van der Waals surface area contributed by atoms with Crippen LogP contribution in [-0.4, -0.2) is 5.43 Å². The van der Waals surface area contributed by atoms with E-state index in [1.54, 1.807) is 6.07 Å². The van der Waals surface area contributed by atoms with Gasteiger partial charge in [-0.15, -0.1) is 0 Å². The SMILES string of the molecule is O=C(Cl)Oc1cc(Br)c(Br)s1. The number of ether oxygens (including phenoxy) is 1. The molecule has 1 aromatic heterocycles. The third kappa shape index (κ3) is 2.74. The Morgan fingerprint density at radius 1 is 1.64 bits per heavy atom. The van der Waals surface area contributed by atoms with Crippen LogP contribution in [0.2, 0.25) is 0 Å². The standard InChI is InChI=1S/C5HBr2ClO2S/c6-2-1-3(10-5(8)9)11-4(2)7/h1H. The first-order valence-electron chi connectivity index (χ1n) is 2.41. The minimum Gasteiger partial charge on any atom is -0.403 e. The number of carbonyl (C=O) groups is 1. The van der Waals surface area contributed by atoms with Gasteiger partial charge in [0.1, 0.15) is 0 Å². The van der Waals surface area contributed by atoms with Gasteiger partial charge >= 0.3 is 5.43 Å². The lowest BCUT2D eigenvalue weighted by Crippen LogP contribution is -1.92. The minimum atomic E-state index is -0.828. The molecule has 6 heteroatoms. The van der Waals surface area contributed by atoms with Crippen LogP contribution in [-0.2, 0) is 0 Å². The molecule has 1 rings (SSSR count). The van der Waals surface area contributed by atoms with Crippen LogP contribution in [0.1, 0.15) is 0 Å². The van der Waals surface area contributed by atoms with Crippen LogP contribution in [0.5, 0.6) is 5.06 Å². The molecule has 2 nitrogen and oxygen atoms in total. The Morgan fingerprint density at radius 3 is 2.64 bits per heavy atom. The zero-order valence-corrected chi connectivity index (χ0v) is 9.68. The van der Waals surface area contributed by atoms with E-state index in [9.17, 15) is 4.79 Å².